The van der Waals surface area contributed by atoms with Crippen molar-refractivity contribution in [2.45, 2.75) is 26.4 Å². The fourth-order valence-corrected chi connectivity index (χ4v) is 1.87. The molecule has 1 atom stereocenters. The predicted octanol–water partition coefficient (Wildman–Crippen LogP) is 2.76. The number of oxazole rings is 1. The summed E-state index contributed by atoms with van der Waals surface area (Å²) in [7, 11) is 1.22. The highest BCUT2D eigenvalue weighted by Crippen LogP contribution is 2.15. The minimum absolute atomic E-state index is 0.0716. The van der Waals surface area contributed by atoms with E-state index < -0.39 is 11.8 Å². The number of hydrogen-bond acceptors (Lipinski definition) is 5. The molecule has 0 aliphatic rings. The molecule has 1 aromatic heterocycles. The summed E-state index contributed by atoms with van der Waals surface area (Å²) < 4.78 is 23.7. The van der Waals surface area contributed by atoms with Crippen LogP contribution in [-0.2, 0) is 11.3 Å². The lowest BCUT2D eigenvalue weighted by Crippen LogP contribution is -2.18. The van der Waals surface area contributed by atoms with Crippen LogP contribution in [0.4, 0.5) is 4.39 Å². The lowest BCUT2D eigenvalue weighted by atomic mass is 10.1. The van der Waals surface area contributed by atoms with Gasteiger partial charge < -0.3 is 14.5 Å². The van der Waals surface area contributed by atoms with Crippen molar-refractivity contribution in [2.75, 3.05) is 7.11 Å². The van der Waals surface area contributed by atoms with Crippen LogP contribution in [0.3, 0.4) is 0 Å². The lowest BCUT2D eigenvalue weighted by molar-refractivity contribution is 0.0595. The predicted molar refractivity (Wildman–Crippen MR) is 74.2 cm³/mol. The first kappa shape index (κ1) is 15.2. The number of carbonyl (C=O) groups excluding carboxylic acids is 1. The molecule has 0 spiro atoms. The smallest absolute Gasteiger partial charge is 0.340 e. The van der Waals surface area contributed by atoms with Crippen LogP contribution in [0, 0.1) is 12.7 Å². The summed E-state index contributed by atoms with van der Waals surface area (Å²) in [4.78, 5) is 15.4. The van der Waals surface area contributed by atoms with Crippen molar-refractivity contribution in [3.63, 3.8) is 0 Å². The van der Waals surface area contributed by atoms with E-state index in [0.29, 0.717) is 12.4 Å². The van der Waals surface area contributed by atoms with Gasteiger partial charge in [-0.3, -0.25) is 0 Å². The Morgan fingerprint density at radius 3 is 2.86 bits per heavy atom. The van der Waals surface area contributed by atoms with Crippen LogP contribution < -0.4 is 5.32 Å². The third-order valence-corrected chi connectivity index (χ3v) is 3.06. The van der Waals surface area contributed by atoms with Gasteiger partial charge in [0.2, 0.25) is 5.89 Å². The van der Waals surface area contributed by atoms with Gasteiger partial charge in [-0.05, 0) is 31.5 Å². The zero-order valence-corrected chi connectivity index (χ0v) is 12.1. The number of halogens is 1. The number of esters is 1. The molecule has 0 aliphatic carbocycles. The number of benzene rings is 1. The Morgan fingerprint density at radius 2 is 2.29 bits per heavy atom. The number of aromatic nitrogens is 1. The Balaban J connectivity index is 2.00. The molecule has 1 N–H and O–H groups in total. The van der Waals surface area contributed by atoms with Gasteiger partial charge >= 0.3 is 5.97 Å². The van der Waals surface area contributed by atoms with Crippen molar-refractivity contribution in [1.82, 2.24) is 10.3 Å². The number of ether oxygens (including phenoxy) is 1. The van der Waals surface area contributed by atoms with Crippen LogP contribution in [-0.4, -0.2) is 18.1 Å². The van der Waals surface area contributed by atoms with E-state index in [4.69, 9.17) is 4.42 Å². The first-order chi connectivity index (χ1) is 10.0. The molecule has 0 radical (unpaired) electrons. The van der Waals surface area contributed by atoms with E-state index in [-0.39, 0.29) is 11.6 Å². The van der Waals surface area contributed by atoms with Gasteiger partial charge in [0.1, 0.15) is 11.6 Å². The number of nitrogens with one attached hydrogen (secondary N) is 1. The van der Waals surface area contributed by atoms with Crippen molar-refractivity contribution in [2.24, 2.45) is 0 Å². The molecule has 0 bridgehead atoms. The number of aryl methyl sites for hydroxylation is 1. The second-order valence-corrected chi connectivity index (χ2v) is 4.72. The SMILES string of the molecule is COC(=O)c1ccc(CNC(C)c2ncc(C)o2)cc1F. The van der Waals surface area contributed by atoms with Crippen molar-refractivity contribution in [1.29, 1.82) is 0 Å². The van der Waals surface area contributed by atoms with Crippen LogP contribution in [0.15, 0.2) is 28.8 Å². The van der Waals surface area contributed by atoms with Crippen molar-refractivity contribution in [3.8, 4) is 0 Å². The number of hydrogen-bond donors (Lipinski definition) is 1. The van der Waals surface area contributed by atoms with E-state index in [2.05, 4.69) is 15.0 Å². The summed E-state index contributed by atoms with van der Waals surface area (Å²) in [6.45, 7) is 4.16. The Hall–Kier alpha value is -2.21. The Morgan fingerprint density at radius 1 is 1.52 bits per heavy atom. The molecule has 6 heteroatoms. The van der Waals surface area contributed by atoms with Gasteiger partial charge in [0.05, 0.1) is 24.9 Å². The molecule has 2 rings (SSSR count). The highest BCUT2D eigenvalue weighted by Gasteiger charge is 2.14. The first-order valence-corrected chi connectivity index (χ1v) is 6.53. The van der Waals surface area contributed by atoms with Crippen molar-refractivity contribution >= 4 is 5.97 Å². The molecular weight excluding hydrogens is 275 g/mol. The number of nitrogens with zero attached hydrogens (tertiary/aromatic N) is 1. The van der Waals surface area contributed by atoms with Gasteiger partial charge in [0.15, 0.2) is 0 Å². The van der Waals surface area contributed by atoms with E-state index in [1.165, 1.54) is 19.2 Å². The number of methoxy groups -OCH3 is 1. The average molecular weight is 292 g/mol. The molecule has 1 heterocycles. The van der Waals surface area contributed by atoms with E-state index in [1.807, 2.05) is 13.8 Å². The maximum Gasteiger partial charge on any atom is 0.340 e. The Bertz CT molecular complexity index is 640. The van der Waals surface area contributed by atoms with Crippen molar-refractivity contribution in [3.05, 3.63) is 53.0 Å². The average Bonchev–Trinajstić information content (AvgIpc) is 2.90. The Labute approximate surface area is 122 Å². The number of carbonyl (C=O) groups is 1. The lowest BCUT2D eigenvalue weighted by Gasteiger charge is -2.11. The maximum absolute atomic E-state index is 13.8. The van der Waals surface area contributed by atoms with Gasteiger partial charge in [-0.25, -0.2) is 14.2 Å². The molecule has 0 saturated heterocycles. The van der Waals surface area contributed by atoms with Crippen molar-refractivity contribution < 1.29 is 18.3 Å². The summed E-state index contributed by atoms with van der Waals surface area (Å²) in [5, 5.41) is 3.18. The maximum atomic E-state index is 13.8. The van der Waals surface area contributed by atoms with Crippen LogP contribution in [0.25, 0.3) is 0 Å². The zero-order chi connectivity index (χ0) is 15.4. The monoisotopic (exact) mass is 292 g/mol. The first-order valence-electron chi connectivity index (χ1n) is 6.53. The molecule has 0 saturated carbocycles. The molecule has 2 aromatic rings. The standard InChI is InChI=1S/C15H17FN2O3/c1-9-7-18-14(21-9)10(2)17-8-11-4-5-12(13(16)6-11)15(19)20-3/h4-7,10,17H,8H2,1-3H3. The van der Waals surface area contributed by atoms with Gasteiger partial charge in [-0.2, -0.15) is 0 Å². The molecule has 1 unspecified atom stereocenters. The van der Waals surface area contributed by atoms with E-state index >= 15 is 0 Å². The summed E-state index contributed by atoms with van der Waals surface area (Å²) in [6, 6.07) is 4.31. The zero-order valence-electron chi connectivity index (χ0n) is 12.1. The third-order valence-electron chi connectivity index (χ3n) is 3.06. The highest BCUT2D eigenvalue weighted by atomic mass is 19.1. The van der Waals surface area contributed by atoms with Crippen LogP contribution in [0.1, 0.15) is 40.5 Å². The summed E-state index contributed by atoms with van der Waals surface area (Å²) in [5.74, 6) is 0.0442. The summed E-state index contributed by atoms with van der Waals surface area (Å²) >= 11 is 0. The van der Waals surface area contributed by atoms with E-state index in [1.54, 1.807) is 12.3 Å². The molecule has 112 valence electrons. The summed E-state index contributed by atoms with van der Waals surface area (Å²) in [6.07, 6.45) is 1.65. The largest absolute Gasteiger partial charge is 0.465 e. The third kappa shape index (κ3) is 3.66. The van der Waals surface area contributed by atoms with Crippen LogP contribution in [0.2, 0.25) is 0 Å². The van der Waals surface area contributed by atoms with E-state index in [0.717, 1.165) is 11.3 Å². The minimum atomic E-state index is -0.685. The van der Waals surface area contributed by atoms with E-state index in [9.17, 15) is 9.18 Å². The van der Waals surface area contributed by atoms with Gasteiger partial charge in [-0.15, -0.1) is 0 Å². The topological polar surface area (TPSA) is 64.4 Å². The molecule has 0 aliphatic heterocycles. The Kier molecular flexibility index (Phi) is 4.70. The second-order valence-electron chi connectivity index (χ2n) is 4.72. The van der Waals surface area contributed by atoms with Crippen LogP contribution in [0.5, 0.6) is 0 Å². The summed E-state index contributed by atoms with van der Waals surface area (Å²) in [5.41, 5.74) is 0.646. The molecule has 21 heavy (non-hydrogen) atoms. The molecule has 0 fully saturated rings. The minimum Gasteiger partial charge on any atom is -0.465 e. The normalized spacial score (nSPS) is 12.2. The molecule has 5 nitrogen and oxygen atoms in total. The molecule has 0 amide bonds. The molecule has 1 aromatic carbocycles. The van der Waals surface area contributed by atoms with Gasteiger partial charge in [0.25, 0.3) is 0 Å². The second kappa shape index (κ2) is 6.49. The highest BCUT2D eigenvalue weighted by molar-refractivity contribution is 5.89. The number of rotatable bonds is 5. The van der Waals surface area contributed by atoms with Gasteiger partial charge in [-0.1, -0.05) is 6.07 Å². The quantitative estimate of drug-likeness (QED) is 0.858. The van der Waals surface area contributed by atoms with Gasteiger partial charge in [0, 0.05) is 6.54 Å². The molecular formula is C15H17FN2O3. The van der Waals surface area contributed by atoms with Crippen LogP contribution >= 0.6 is 0 Å². The fraction of sp³-hybridized carbons (Fsp3) is 0.333. The fourth-order valence-electron chi connectivity index (χ4n) is 1.87.